The van der Waals surface area contributed by atoms with E-state index in [4.69, 9.17) is 22.7 Å². The zero-order valence-electron chi connectivity index (χ0n) is 10.6. The van der Waals surface area contributed by atoms with Crippen molar-refractivity contribution >= 4 is 17.2 Å². The number of ether oxygens (including phenoxy) is 1. The number of nitrogens with two attached hydrogens (primary N) is 1. The van der Waals surface area contributed by atoms with Crippen LogP contribution in [0.1, 0.15) is 33.1 Å². The van der Waals surface area contributed by atoms with Crippen LogP contribution in [0, 0.1) is 5.92 Å². The Bertz CT molecular complexity index is 235. The first kappa shape index (κ1) is 13.9. The van der Waals surface area contributed by atoms with Crippen LogP contribution >= 0.6 is 12.2 Å². The van der Waals surface area contributed by atoms with Gasteiger partial charge in [-0.25, -0.2) is 0 Å². The van der Waals surface area contributed by atoms with E-state index in [9.17, 15) is 0 Å². The van der Waals surface area contributed by atoms with E-state index in [0.717, 1.165) is 25.9 Å². The minimum absolute atomic E-state index is 0.356. The fourth-order valence-electron chi connectivity index (χ4n) is 2.46. The van der Waals surface area contributed by atoms with Crippen molar-refractivity contribution in [2.24, 2.45) is 11.7 Å². The van der Waals surface area contributed by atoms with Gasteiger partial charge in [0.1, 0.15) is 0 Å². The maximum absolute atomic E-state index is 5.64. The molecule has 0 radical (unpaired) electrons. The van der Waals surface area contributed by atoms with Gasteiger partial charge in [-0.1, -0.05) is 26.1 Å². The Balaban J connectivity index is 2.54. The Kier molecular flexibility index (Phi) is 5.66. The maximum atomic E-state index is 5.64. The fraction of sp³-hybridized carbons (Fsp3) is 0.917. The van der Waals surface area contributed by atoms with Crippen LogP contribution in [0.5, 0.6) is 0 Å². The minimum Gasteiger partial charge on any atom is -0.393 e. The van der Waals surface area contributed by atoms with Crippen LogP contribution in [0.2, 0.25) is 0 Å². The van der Waals surface area contributed by atoms with Gasteiger partial charge in [-0.3, -0.25) is 4.90 Å². The monoisotopic (exact) mass is 244 g/mol. The first-order valence-corrected chi connectivity index (χ1v) is 6.54. The third-order valence-corrected chi connectivity index (χ3v) is 3.81. The summed E-state index contributed by atoms with van der Waals surface area (Å²) in [5.74, 6) is 0.656. The number of hydrogen-bond donors (Lipinski definition) is 1. The predicted octanol–water partition coefficient (Wildman–Crippen LogP) is 1.80. The van der Waals surface area contributed by atoms with Crippen molar-refractivity contribution in [1.29, 1.82) is 0 Å². The highest BCUT2D eigenvalue weighted by Gasteiger charge is 2.29. The highest BCUT2D eigenvalue weighted by atomic mass is 32.1. The molecule has 3 atom stereocenters. The third-order valence-electron chi connectivity index (χ3n) is 3.65. The first-order valence-electron chi connectivity index (χ1n) is 6.13. The lowest BCUT2D eigenvalue weighted by Crippen LogP contribution is -2.49. The van der Waals surface area contributed by atoms with Gasteiger partial charge in [0, 0.05) is 26.1 Å². The smallest absolute Gasteiger partial charge is 0.0743 e. The molecule has 0 aromatic heterocycles. The van der Waals surface area contributed by atoms with Gasteiger partial charge in [0.25, 0.3) is 0 Å². The molecule has 0 saturated carbocycles. The Morgan fingerprint density at radius 3 is 2.81 bits per heavy atom. The molecule has 0 aliphatic carbocycles. The molecule has 0 bridgehead atoms. The Hall–Kier alpha value is -0.190. The van der Waals surface area contributed by atoms with Crippen LogP contribution in [0.15, 0.2) is 0 Å². The minimum atomic E-state index is 0.356. The van der Waals surface area contributed by atoms with Gasteiger partial charge in [0.2, 0.25) is 0 Å². The first-order chi connectivity index (χ1) is 7.58. The highest BCUT2D eigenvalue weighted by molar-refractivity contribution is 7.80. The molecular formula is C12H24N2OS. The molecule has 1 saturated heterocycles. The molecule has 4 heteroatoms. The van der Waals surface area contributed by atoms with Crippen molar-refractivity contribution in [3.05, 3.63) is 0 Å². The van der Waals surface area contributed by atoms with Crippen LogP contribution in [-0.4, -0.2) is 42.2 Å². The van der Waals surface area contributed by atoms with Gasteiger partial charge < -0.3 is 10.5 Å². The van der Waals surface area contributed by atoms with E-state index in [2.05, 4.69) is 18.7 Å². The summed E-state index contributed by atoms with van der Waals surface area (Å²) >= 11 is 5.01. The summed E-state index contributed by atoms with van der Waals surface area (Å²) in [6.45, 7) is 6.61. The van der Waals surface area contributed by atoms with E-state index < -0.39 is 0 Å². The molecule has 1 heterocycles. The predicted molar refractivity (Wildman–Crippen MR) is 71.6 cm³/mol. The molecule has 3 nitrogen and oxygen atoms in total. The van der Waals surface area contributed by atoms with Crippen LogP contribution < -0.4 is 5.73 Å². The van der Waals surface area contributed by atoms with E-state index in [1.165, 1.54) is 6.42 Å². The van der Waals surface area contributed by atoms with Crippen LogP contribution in [0.25, 0.3) is 0 Å². The standard InChI is InChI=1S/C12H24N2OS/c1-4-10(7-12(13)16)14-6-5-9(2)11(8-14)15-3/h9-11H,4-8H2,1-3H3,(H2,13,16). The normalized spacial score (nSPS) is 28.9. The average Bonchev–Trinajstić information content (AvgIpc) is 2.26. The quantitative estimate of drug-likeness (QED) is 0.749. The lowest BCUT2D eigenvalue weighted by molar-refractivity contribution is -0.0185. The third kappa shape index (κ3) is 3.68. The van der Waals surface area contributed by atoms with Crippen LogP contribution in [0.4, 0.5) is 0 Å². The van der Waals surface area contributed by atoms with Gasteiger partial charge >= 0.3 is 0 Å². The lowest BCUT2D eigenvalue weighted by Gasteiger charge is -2.40. The molecule has 1 rings (SSSR count). The van der Waals surface area contributed by atoms with Gasteiger partial charge in [-0.05, 0) is 25.3 Å². The molecule has 1 aliphatic rings. The van der Waals surface area contributed by atoms with E-state index in [0.29, 0.717) is 23.1 Å². The van der Waals surface area contributed by atoms with Crippen molar-refractivity contribution in [2.45, 2.75) is 45.3 Å². The lowest BCUT2D eigenvalue weighted by atomic mass is 9.93. The van der Waals surface area contributed by atoms with Gasteiger partial charge in [-0.15, -0.1) is 0 Å². The number of piperidine rings is 1. The molecule has 2 N–H and O–H groups in total. The number of rotatable bonds is 5. The highest BCUT2D eigenvalue weighted by Crippen LogP contribution is 2.23. The van der Waals surface area contributed by atoms with Crippen molar-refractivity contribution in [1.82, 2.24) is 4.90 Å². The second-order valence-corrected chi connectivity index (χ2v) is 5.29. The number of likely N-dealkylation sites (tertiary alicyclic amines) is 1. The summed E-state index contributed by atoms with van der Waals surface area (Å²) in [5.41, 5.74) is 5.64. The molecule has 0 amide bonds. The largest absolute Gasteiger partial charge is 0.393 e. The Morgan fingerprint density at radius 1 is 1.62 bits per heavy atom. The summed E-state index contributed by atoms with van der Waals surface area (Å²) in [7, 11) is 1.80. The maximum Gasteiger partial charge on any atom is 0.0743 e. The topological polar surface area (TPSA) is 38.5 Å². The van der Waals surface area contributed by atoms with Gasteiger partial charge in [-0.2, -0.15) is 0 Å². The number of nitrogens with zero attached hydrogens (tertiary/aromatic N) is 1. The molecule has 1 aliphatic heterocycles. The van der Waals surface area contributed by atoms with Crippen molar-refractivity contribution in [3.63, 3.8) is 0 Å². The summed E-state index contributed by atoms with van der Waals surface area (Å²) in [5, 5.41) is 0. The summed E-state index contributed by atoms with van der Waals surface area (Å²) in [4.78, 5) is 3.10. The van der Waals surface area contributed by atoms with Gasteiger partial charge in [0.05, 0.1) is 11.1 Å². The molecule has 0 spiro atoms. The summed E-state index contributed by atoms with van der Waals surface area (Å²) < 4.78 is 5.53. The molecule has 16 heavy (non-hydrogen) atoms. The van der Waals surface area contributed by atoms with Crippen molar-refractivity contribution in [2.75, 3.05) is 20.2 Å². The molecule has 3 unspecified atom stereocenters. The van der Waals surface area contributed by atoms with Crippen molar-refractivity contribution < 1.29 is 4.74 Å². The van der Waals surface area contributed by atoms with Crippen LogP contribution in [0.3, 0.4) is 0 Å². The van der Waals surface area contributed by atoms with E-state index in [-0.39, 0.29) is 0 Å². The fourth-order valence-corrected chi connectivity index (χ4v) is 2.65. The van der Waals surface area contributed by atoms with E-state index in [1.54, 1.807) is 7.11 Å². The van der Waals surface area contributed by atoms with Gasteiger partial charge in [0.15, 0.2) is 0 Å². The van der Waals surface area contributed by atoms with Crippen molar-refractivity contribution in [3.8, 4) is 0 Å². The Morgan fingerprint density at radius 2 is 2.31 bits per heavy atom. The SMILES string of the molecule is CCC(CC(N)=S)N1CCC(C)C(OC)C1. The summed E-state index contributed by atoms with van der Waals surface area (Å²) in [6.07, 6.45) is 3.49. The number of thiocarbonyl (C=S) groups is 1. The second-order valence-electron chi connectivity index (χ2n) is 4.77. The second kappa shape index (κ2) is 6.52. The molecule has 1 fully saturated rings. The zero-order valence-corrected chi connectivity index (χ0v) is 11.4. The zero-order chi connectivity index (χ0) is 12.1. The summed E-state index contributed by atoms with van der Waals surface area (Å²) in [6, 6.07) is 0.489. The number of methoxy groups -OCH3 is 1. The van der Waals surface area contributed by atoms with E-state index in [1.807, 2.05) is 0 Å². The molecule has 94 valence electrons. The Labute approximate surface area is 104 Å². The van der Waals surface area contributed by atoms with E-state index >= 15 is 0 Å². The molecular weight excluding hydrogens is 220 g/mol. The van der Waals surface area contributed by atoms with Crippen LogP contribution in [-0.2, 0) is 4.74 Å². The molecule has 0 aromatic carbocycles. The number of hydrogen-bond acceptors (Lipinski definition) is 3. The molecule has 0 aromatic rings. The average molecular weight is 244 g/mol.